The van der Waals surface area contributed by atoms with Gasteiger partial charge in [0.25, 0.3) is 0 Å². The van der Waals surface area contributed by atoms with Crippen molar-refractivity contribution >= 4 is 17.2 Å². The van der Waals surface area contributed by atoms with Crippen LogP contribution in [-0.4, -0.2) is 23.0 Å². The van der Waals surface area contributed by atoms with Crippen molar-refractivity contribution in [1.29, 1.82) is 0 Å². The lowest BCUT2D eigenvalue weighted by molar-refractivity contribution is 0.218. The molecule has 1 aromatic rings. The van der Waals surface area contributed by atoms with Crippen LogP contribution in [0.3, 0.4) is 0 Å². The van der Waals surface area contributed by atoms with Gasteiger partial charge in [0.05, 0.1) is 0 Å². The van der Waals surface area contributed by atoms with Gasteiger partial charge in [0.2, 0.25) is 0 Å². The Morgan fingerprint density at radius 1 is 1.29 bits per heavy atom. The summed E-state index contributed by atoms with van der Waals surface area (Å²) in [7, 11) is 0. The van der Waals surface area contributed by atoms with Crippen molar-refractivity contribution in [2.45, 2.75) is 25.8 Å². The van der Waals surface area contributed by atoms with Crippen LogP contribution in [0.25, 0.3) is 0 Å². The van der Waals surface area contributed by atoms with Crippen molar-refractivity contribution in [1.82, 2.24) is 4.90 Å². The van der Waals surface area contributed by atoms with Crippen molar-refractivity contribution < 1.29 is 4.39 Å². The first-order valence-corrected chi connectivity index (χ1v) is 6.38. The van der Waals surface area contributed by atoms with Gasteiger partial charge < -0.3 is 5.73 Å². The third-order valence-corrected chi connectivity index (χ3v) is 3.41. The smallest absolute Gasteiger partial charge is 0.127 e. The molecule has 1 heterocycles. The van der Waals surface area contributed by atoms with Crippen molar-refractivity contribution in [3.8, 4) is 0 Å². The van der Waals surface area contributed by atoms with E-state index in [0.717, 1.165) is 18.7 Å². The zero-order valence-electron chi connectivity index (χ0n) is 9.79. The monoisotopic (exact) mass is 252 g/mol. The van der Waals surface area contributed by atoms with E-state index in [9.17, 15) is 4.39 Å². The minimum absolute atomic E-state index is 0.171. The quantitative estimate of drug-likeness (QED) is 0.838. The van der Waals surface area contributed by atoms with E-state index in [0.29, 0.717) is 17.1 Å². The number of halogens is 1. The van der Waals surface area contributed by atoms with Crippen molar-refractivity contribution in [3.05, 3.63) is 35.1 Å². The van der Waals surface area contributed by atoms with Crippen molar-refractivity contribution in [2.24, 2.45) is 5.73 Å². The van der Waals surface area contributed by atoms with Crippen LogP contribution in [0.15, 0.2) is 18.2 Å². The standard InChI is InChI=1S/C13H17FN2S/c14-12-5-4-10(13(15)17)8-11(12)9-16-6-2-1-3-7-16/h4-5,8H,1-3,6-7,9H2,(H2,15,17). The Bertz CT molecular complexity index is 414. The second-order valence-electron chi connectivity index (χ2n) is 4.51. The fourth-order valence-electron chi connectivity index (χ4n) is 2.21. The van der Waals surface area contributed by atoms with E-state index in [-0.39, 0.29) is 5.82 Å². The molecule has 2 rings (SSSR count). The lowest BCUT2D eigenvalue weighted by Gasteiger charge is -2.26. The lowest BCUT2D eigenvalue weighted by atomic mass is 10.1. The summed E-state index contributed by atoms with van der Waals surface area (Å²) in [4.78, 5) is 2.61. The molecule has 0 amide bonds. The molecule has 4 heteroatoms. The Morgan fingerprint density at radius 2 is 2.00 bits per heavy atom. The van der Waals surface area contributed by atoms with Crippen LogP contribution in [0.2, 0.25) is 0 Å². The molecule has 17 heavy (non-hydrogen) atoms. The molecule has 0 bridgehead atoms. The molecule has 0 aromatic heterocycles. The van der Waals surface area contributed by atoms with Gasteiger partial charge in [0.15, 0.2) is 0 Å². The average molecular weight is 252 g/mol. The van der Waals surface area contributed by atoms with Crippen LogP contribution in [-0.2, 0) is 6.54 Å². The van der Waals surface area contributed by atoms with E-state index < -0.39 is 0 Å². The Labute approximate surface area is 107 Å². The summed E-state index contributed by atoms with van der Waals surface area (Å²) in [5.41, 5.74) is 7.00. The number of nitrogens with zero attached hydrogens (tertiary/aromatic N) is 1. The van der Waals surface area contributed by atoms with Crippen LogP contribution < -0.4 is 5.73 Å². The van der Waals surface area contributed by atoms with Gasteiger partial charge in [-0.2, -0.15) is 0 Å². The highest BCUT2D eigenvalue weighted by Gasteiger charge is 2.13. The van der Waals surface area contributed by atoms with E-state index in [1.54, 1.807) is 12.1 Å². The third-order valence-electron chi connectivity index (χ3n) is 3.17. The Balaban J connectivity index is 2.13. The summed E-state index contributed by atoms with van der Waals surface area (Å²) in [5, 5.41) is 0. The van der Waals surface area contributed by atoms with Gasteiger partial charge >= 0.3 is 0 Å². The second-order valence-corrected chi connectivity index (χ2v) is 4.95. The first kappa shape index (κ1) is 12.5. The molecule has 0 aliphatic carbocycles. The molecule has 0 atom stereocenters. The maximum absolute atomic E-state index is 13.7. The second kappa shape index (κ2) is 5.56. The average Bonchev–Trinajstić information content (AvgIpc) is 2.33. The minimum Gasteiger partial charge on any atom is -0.389 e. The topological polar surface area (TPSA) is 29.3 Å². The molecular weight excluding hydrogens is 235 g/mol. The summed E-state index contributed by atoms with van der Waals surface area (Å²) in [6, 6.07) is 4.86. The minimum atomic E-state index is -0.171. The van der Waals surface area contributed by atoms with Gasteiger partial charge in [-0.25, -0.2) is 4.39 Å². The number of piperidine rings is 1. The van der Waals surface area contributed by atoms with E-state index in [4.69, 9.17) is 18.0 Å². The number of hydrogen-bond acceptors (Lipinski definition) is 2. The number of rotatable bonds is 3. The molecule has 1 fully saturated rings. The first-order valence-electron chi connectivity index (χ1n) is 5.97. The first-order chi connectivity index (χ1) is 8.16. The van der Waals surface area contributed by atoms with Gasteiger partial charge in [-0.3, -0.25) is 4.90 Å². The zero-order chi connectivity index (χ0) is 12.3. The van der Waals surface area contributed by atoms with Crippen LogP contribution in [0.1, 0.15) is 30.4 Å². The van der Waals surface area contributed by atoms with Crippen molar-refractivity contribution in [3.63, 3.8) is 0 Å². The Morgan fingerprint density at radius 3 is 2.65 bits per heavy atom. The molecule has 0 radical (unpaired) electrons. The molecule has 1 aliphatic heterocycles. The molecule has 0 unspecified atom stereocenters. The fraction of sp³-hybridized carbons (Fsp3) is 0.462. The number of hydrogen-bond donors (Lipinski definition) is 1. The number of thiocarbonyl (C=S) groups is 1. The number of likely N-dealkylation sites (tertiary alicyclic amines) is 1. The third kappa shape index (κ3) is 3.23. The molecule has 92 valence electrons. The predicted octanol–water partition coefficient (Wildman–Crippen LogP) is 2.45. The molecule has 1 saturated heterocycles. The number of nitrogens with two attached hydrogens (primary N) is 1. The number of benzene rings is 1. The van der Waals surface area contributed by atoms with Gasteiger partial charge in [0, 0.05) is 17.7 Å². The Hall–Kier alpha value is -1.00. The Kier molecular flexibility index (Phi) is 4.07. The highest BCUT2D eigenvalue weighted by atomic mass is 32.1. The molecule has 1 aliphatic rings. The summed E-state index contributed by atoms with van der Waals surface area (Å²) in [6.45, 7) is 2.76. The van der Waals surface area contributed by atoms with E-state index >= 15 is 0 Å². The maximum atomic E-state index is 13.7. The zero-order valence-corrected chi connectivity index (χ0v) is 10.6. The molecule has 2 N–H and O–H groups in total. The van der Waals surface area contributed by atoms with E-state index in [1.165, 1.54) is 25.3 Å². The fourth-order valence-corrected chi connectivity index (χ4v) is 2.33. The van der Waals surface area contributed by atoms with Crippen LogP contribution in [0, 0.1) is 5.82 Å². The van der Waals surface area contributed by atoms with Gasteiger partial charge in [0.1, 0.15) is 10.8 Å². The van der Waals surface area contributed by atoms with Gasteiger partial charge in [-0.15, -0.1) is 0 Å². The summed E-state index contributed by atoms with van der Waals surface area (Å²) >= 11 is 4.91. The van der Waals surface area contributed by atoms with Crippen LogP contribution >= 0.6 is 12.2 Å². The summed E-state index contributed by atoms with van der Waals surface area (Å²) in [6.07, 6.45) is 3.69. The van der Waals surface area contributed by atoms with Crippen molar-refractivity contribution in [2.75, 3.05) is 13.1 Å². The SMILES string of the molecule is NC(=S)c1ccc(F)c(CN2CCCCC2)c1. The molecular formula is C13H17FN2S. The highest BCUT2D eigenvalue weighted by Crippen LogP contribution is 2.16. The maximum Gasteiger partial charge on any atom is 0.127 e. The molecule has 0 spiro atoms. The normalized spacial score (nSPS) is 17.0. The molecule has 1 aromatic carbocycles. The highest BCUT2D eigenvalue weighted by molar-refractivity contribution is 7.80. The molecule has 0 saturated carbocycles. The lowest BCUT2D eigenvalue weighted by Crippen LogP contribution is -2.29. The van der Waals surface area contributed by atoms with Gasteiger partial charge in [-0.1, -0.05) is 18.6 Å². The largest absolute Gasteiger partial charge is 0.389 e. The molecule has 2 nitrogen and oxygen atoms in total. The van der Waals surface area contributed by atoms with Crippen LogP contribution in [0.4, 0.5) is 4.39 Å². The summed E-state index contributed by atoms with van der Waals surface area (Å²) in [5.74, 6) is -0.171. The van der Waals surface area contributed by atoms with Crippen LogP contribution in [0.5, 0.6) is 0 Å². The predicted molar refractivity (Wildman–Crippen MR) is 71.4 cm³/mol. The summed E-state index contributed by atoms with van der Waals surface area (Å²) < 4.78 is 13.7. The van der Waals surface area contributed by atoms with E-state index in [2.05, 4.69) is 4.90 Å². The van der Waals surface area contributed by atoms with E-state index in [1.807, 2.05) is 0 Å². The van der Waals surface area contributed by atoms with Gasteiger partial charge in [-0.05, 0) is 44.1 Å².